The Labute approximate surface area is 70.6 Å². The lowest BCUT2D eigenvalue weighted by Gasteiger charge is -2.09. The van der Waals surface area contributed by atoms with Gasteiger partial charge in [0.15, 0.2) is 0 Å². The topological polar surface area (TPSA) is 38.9 Å². The van der Waals surface area contributed by atoms with Crippen molar-refractivity contribution < 1.29 is 4.39 Å². The largest absolute Gasteiger partial charge is 0.321 e. The third-order valence-electron chi connectivity index (χ3n) is 2.31. The molecule has 0 atom stereocenters. The standard InChI is InChI=1S/C9H11FN2/c1-6-2-3-7(8(10)12-6)9(11)4-5-9/h2-3H,4-5,11H2,1H3. The maximum atomic E-state index is 13.2. The van der Waals surface area contributed by atoms with Crippen LogP contribution in [0.5, 0.6) is 0 Å². The highest BCUT2D eigenvalue weighted by molar-refractivity contribution is 5.28. The van der Waals surface area contributed by atoms with Crippen LogP contribution in [0, 0.1) is 12.9 Å². The molecule has 2 rings (SSSR count). The van der Waals surface area contributed by atoms with Crippen molar-refractivity contribution >= 4 is 0 Å². The SMILES string of the molecule is Cc1ccc(C2(N)CC2)c(F)n1. The maximum Gasteiger partial charge on any atom is 0.218 e. The average molecular weight is 166 g/mol. The fraction of sp³-hybridized carbons (Fsp3) is 0.444. The molecule has 0 aliphatic heterocycles. The van der Waals surface area contributed by atoms with Crippen LogP contribution in [-0.2, 0) is 5.54 Å². The molecule has 0 amide bonds. The lowest BCUT2D eigenvalue weighted by Crippen LogP contribution is -2.21. The first-order valence-corrected chi connectivity index (χ1v) is 4.04. The van der Waals surface area contributed by atoms with Crippen LogP contribution in [0.15, 0.2) is 12.1 Å². The van der Waals surface area contributed by atoms with Gasteiger partial charge in [0.25, 0.3) is 0 Å². The van der Waals surface area contributed by atoms with Crippen LogP contribution in [0.2, 0.25) is 0 Å². The molecule has 0 radical (unpaired) electrons. The van der Waals surface area contributed by atoms with Crippen molar-refractivity contribution in [3.63, 3.8) is 0 Å². The molecule has 1 aromatic rings. The Morgan fingerprint density at radius 3 is 2.67 bits per heavy atom. The monoisotopic (exact) mass is 166 g/mol. The van der Waals surface area contributed by atoms with Crippen LogP contribution in [0.3, 0.4) is 0 Å². The second kappa shape index (κ2) is 2.26. The van der Waals surface area contributed by atoms with Gasteiger partial charge in [0.2, 0.25) is 5.95 Å². The first kappa shape index (κ1) is 7.68. The maximum absolute atomic E-state index is 13.2. The molecular weight excluding hydrogens is 155 g/mol. The second-order valence-electron chi connectivity index (χ2n) is 3.45. The molecule has 0 spiro atoms. The number of aromatic nitrogens is 1. The van der Waals surface area contributed by atoms with Crippen LogP contribution >= 0.6 is 0 Å². The Morgan fingerprint density at radius 2 is 2.17 bits per heavy atom. The first-order chi connectivity index (χ1) is 5.62. The highest BCUT2D eigenvalue weighted by Crippen LogP contribution is 2.43. The molecule has 2 N–H and O–H groups in total. The summed E-state index contributed by atoms with van der Waals surface area (Å²) in [5.74, 6) is -0.407. The lowest BCUT2D eigenvalue weighted by atomic mass is 10.1. The summed E-state index contributed by atoms with van der Waals surface area (Å²) in [5.41, 5.74) is 6.68. The Kier molecular flexibility index (Phi) is 1.45. The molecular formula is C9H11FN2. The van der Waals surface area contributed by atoms with Gasteiger partial charge in [-0.1, -0.05) is 6.07 Å². The van der Waals surface area contributed by atoms with Crippen molar-refractivity contribution in [1.29, 1.82) is 0 Å². The molecule has 0 bridgehead atoms. The van der Waals surface area contributed by atoms with E-state index in [1.165, 1.54) is 0 Å². The number of aryl methyl sites for hydroxylation is 1. The van der Waals surface area contributed by atoms with E-state index < -0.39 is 11.5 Å². The zero-order valence-electron chi connectivity index (χ0n) is 6.97. The van der Waals surface area contributed by atoms with Gasteiger partial charge in [-0.3, -0.25) is 0 Å². The van der Waals surface area contributed by atoms with Gasteiger partial charge in [-0.25, -0.2) is 4.98 Å². The second-order valence-corrected chi connectivity index (χ2v) is 3.45. The van der Waals surface area contributed by atoms with Crippen molar-refractivity contribution in [1.82, 2.24) is 4.98 Å². The van der Waals surface area contributed by atoms with E-state index >= 15 is 0 Å². The van der Waals surface area contributed by atoms with Gasteiger partial charge in [0.05, 0.1) is 0 Å². The summed E-state index contributed by atoms with van der Waals surface area (Å²) < 4.78 is 13.2. The van der Waals surface area contributed by atoms with E-state index in [-0.39, 0.29) is 0 Å². The molecule has 0 saturated heterocycles. The summed E-state index contributed by atoms with van der Waals surface area (Å²) in [7, 11) is 0. The molecule has 2 nitrogen and oxygen atoms in total. The molecule has 1 aliphatic carbocycles. The summed E-state index contributed by atoms with van der Waals surface area (Å²) in [6, 6.07) is 3.54. The number of halogens is 1. The molecule has 1 aromatic heterocycles. The summed E-state index contributed by atoms with van der Waals surface area (Å²) in [4.78, 5) is 3.73. The van der Waals surface area contributed by atoms with E-state index in [4.69, 9.17) is 5.73 Å². The van der Waals surface area contributed by atoms with Gasteiger partial charge in [-0.05, 0) is 25.8 Å². The van der Waals surface area contributed by atoms with Gasteiger partial charge in [-0.2, -0.15) is 4.39 Å². The lowest BCUT2D eigenvalue weighted by molar-refractivity contribution is 0.537. The van der Waals surface area contributed by atoms with Crippen molar-refractivity contribution in [3.05, 3.63) is 29.3 Å². The third kappa shape index (κ3) is 1.10. The molecule has 3 heteroatoms. The minimum Gasteiger partial charge on any atom is -0.321 e. The Balaban J connectivity index is 2.45. The Bertz CT molecular complexity index is 318. The highest BCUT2D eigenvalue weighted by Gasteiger charge is 2.42. The number of pyridine rings is 1. The average Bonchev–Trinajstić information content (AvgIpc) is 2.68. The predicted octanol–water partition coefficient (Wildman–Crippen LogP) is 1.48. The van der Waals surface area contributed by atoms with E-state index in [0.29, 0.717) is 11.3 Å². The summed E-state index contributed by atoms with van der Waals surface area (Å²) in [6.45, 7) is 1.77. The van der Waals surface area contributed by atoms with E-state index in [0.717, 1.165) is 12.8 Å². The normalized spacial score (nSPS) is 19.2. The van der Waals surface area contributed by atoms with Crippen LogP contribution in [-0.4, -0.2) is 4.98 Å². The van der Waals surface area contributed by atoms with Crippen molar-refractivity contribution in [3.8, 4) is 0 Å². The van der Waals surface area contributed by atoms with Gasteiger partial charge >= 0.3 is 0 Å². The summed E-state index contributed by atoms with van der Waals surface area (Å²) in [6.07, 6.45) is 1.74. The van der Waals surface area contributed by atoms with Crippen molar-refractivity contribution in [2.75, 3.05) is 0 Å². The Hall–Kier alpha value is -0.960. The Morgan fingerprint density at radius 1 is 1.50 bits per heavy atom. The fourth-order valence-corrected chi connectivity index (χ4v) is 1.30. The molecule has 1 saturated carbocycles. The summed E-state index contributed by atoms with van der Waals surface area (Å²) >= 11 is 0. The first-order valence-electron chi connectivity index (χ1n) is 4.04. The zero-order valence-corrected chi connectivity index (χ0v) is 6.97. The van der Waals surface area contributed by atoms with E-state index in [1.54, 1.807) is 19.1 Å². The van der Waals surface area contributed by atoms with Gasteiger partial charge < -0.3 is 5.73 Å². The zero-order chi connectivity index (χ0) is 8.77. The van der Waals surface area contributed by atoms with Gasteiger partial charge in [0.1, 0.15) is 0 Å². The smallest absolute Gasteiger partial charge is 0.218 e. The van der Waals surface area contributed by atoms with Crippen molar-refractivity contribution in [2.24, 2.45) is 5.73 Å². The minimum absolute atomic E-state index is 0.407. The molecule has 1 heterocycles. The highest BCUT2D eigenvalue weighted by atomic mass is 19.1. The van der Waals surface area contributed by atoms with Crippen LogP contribution < -0.4 is 5.73 Å². The molecule has 1 fully saturated rings. The summed E-state index contributed by atoms with van der Waals surface area (Å²) in [5, 5.41) is 0. The molecule has 1 aliphatic rings. The number of rotatable bonds is 1. The predicted molar refractivity (Wildman–Crippen MR) is 44.0 cm³/mol. The molecule has 12 heavy (non-hydrogen) atoms. The number of nitrogens with zero attached hydrogens (tertiary/aromatic N) is 1. The van der Waals surface area contributed by atoms with Crippen molar-refractivity contribution in [2.45, 2.75) is 25.3 Å². The quantitative estimate of drug-likeness (QED) is 0.642. The number of hydrogen-bond donors (Lipinski definition) is 1. The van der Waals surface area contributed by atoms with E-state index in [1.807, 2.05) is 0 Å². The van der Waals surface area contributed by atoms with Gasteiger partial charge in [-0.15, -0.1) is 0 Å². The van der Waals surface area contributed by atoms with E-state index in [2.05, 4.69) is 4.98 Å². The molecule has 0 unspecified atom stereocenters. The van der Waals surface area contributed by atoms with Gasteiger partial charge in [0, 0.05) is 16.8 Å². The van der Waals surface area contributed by atoms with E-state index in [9.17, 15) is 4.39 Å². The molecule has 0 aromatic carbocycles. The molecule has 64 valence electrons. The van der Waals surface area contributed by atoms with Crippen LogP contribution in [0.1, 0.15) is 24.1 Å². The van der Waals surface area contributed by atoms with Crippen LogP contribution in [0.4, 0.5) is 4.39 Å². The minimum atomic E-state index is -0.412. The third-order valence-corrected chi connectivity index (χ3v) is 2.31. The number of nitrogens with two attached hydrogens (primary N) is 1. The van der Waals surface area contributed by atoms with Crippen LogP contribution in [0.25, 0.3) is 0 Å². The number of hydrogen-bond acceptors (Lipinski definition) is 2. The fourth-order valence-electron chi connectivity index (χ4n) is 1.30.